The van der Waals surface area contributed by atoms with E-state index in [1.807, 2.05) is 0 Å². The van der Waals surface area contributed by atoms with Crippen LogP contribution in [-0.4, -0.2) is 9.91 Å². The van der Waals surface area contributed by atoms with Gasteiger partial charge in [-0.05, 0) is 11.4 Å². The molecule has 0 aliphatic rings. The van der Waals surface area contributed by atoms with E-state index in [0.717, 1.165) is 4.83 Å². The van der Waals surface area contributed by atoms with Crippen LogP contribution >= 0.6 is 22.9 Å². The van der Waals surface area contributed by atoms with Gasteiger partial charge < -0.3 is 0 Å². The van der Waals surface area contributed by atoms with Gasteiger partial charge in [0.1, 0.15) is 16.0 Å². The first kappa shape index (κ1) is 8.40. The normalized spacial score (nSPS) is 10.5. The zero-order valence-electron chi connectivity index (χ0n) is 6.23. The minimum atomic E-state index is -0.535. The van der Waals surface area contributed by atoms with E-state index in [0.29, 0.717) is 5.39 Å². The quantitative estimate of drug-likeness (QED) is 0.542. The minimum absolute atomic E-state index is 0.146. The Kier molecular flexibility index (Phi) is 1.90. The van der Waals surface area contributed by atoms with Crippen molar-refractivity contribution in [3.63, 3.8) is 0 Å². The molecule has 6 heteroatoms. The van der Waals surface area contributed by atoms with Crippen LogP contribution in [0.25, 0.3) is 10.2 Å². The van der Waals surface area contributed by atoms with Crippen LogP contribution in [0.3, 0.4) is 0 Å². The van der Waals surface area contributed by atoms with Crippen molar-refractivity contribution in [2.45, 2.75) is 0 Å². The summed E-state index contributed by atoms with van der Waals surface area (Å²) in [6.07, 6.45) is 1.18. The molecule has 0 fully saturated rings. The lowest BCUT2D eigenvalue weighted by atomic mass is 10.3. The number of pyridine rings is 1. The first-order valence-corrected chi connectivity index (χ1v) is 4.62. The van der Waals surface area contributed by atoms with Gasteiger partial charge in [0.05, 0.1) is 4.92 Å². The van der Waals surface area contributed by atoms with Crippen LogP contribution in [-0.2, 0) is 0 Å². The molecule has 0 aliphatic heterocycles. The third-order valence-corrected chi connectivity index (χ3v) is 2.82. The molecule has 4 nitrogen and oxygen atoms in total. The fourth-order valence-electron chi connectivity index (χ4n) is 1.01. The molecule has 0 unspecified atom stereocenters. The standard InChI is InChI=1S/C7H3ClN2O2S/c8-6-4-1-2-13-7(4)9-3-5(6)10(11)12/h1-3H. The van der Waals surface area contributed by atoms with Crippen molar-refractivity contribution in [3.8, 4) is 0 Å². The van der Waals surface area contributed by atoms with Gasteiger partial charge in [-0.15, -0.1) is 11.3 Å². The Morgan fingerprint density at radius 2 is 2.38 bits per heavy atom. The van der Waals surface area contributed by atoms with Crippen molar-refractivity contribution < 1.29 is 4.92 Å². The number of nitrogens with zero attached hydrogens (tertiary/aromatic N) is 2. The minimum Gasteiger partial charge on any atom is -0.258 e. The van der Waals surface area contributed by atoms with E-state index in [1.165, 1.54) is 17.5 Å². The maximum absolute atomic E-state index is 10.5. The predicted molar refractivity (Wildman–Crippen MR) is 51.3 cm³/mol. The average Bonchev–Trinajstić information content (AvgIpc) is 2.52. The van der Waals surface area contributed by atoms with Gasteiger partial charge in [0.15, 0.2) is 0 Å². The first-order valence-electron chi connectivity index (χ1n) is 3.36. The van der Waals surface area contributed by atoms with Crippen molar-refractivity contribution in [2.24, 2.45) is 0 Å². The van der Waals surface area contributed by atoms with Crippen LogP contribution in [0.15, 0.2) is 17.6 Å². The van der Waals surface area contributed by atoms with Crippen molar-refractivity contribution in [1.82, 2.24) is 4.98 Å². The van der Waals surface area contributed by atoms with E-state index in [2.05, 4.69) is 4.98 Å². The molecule has 66 valence electrons. The number of thiophene rings is 1. The Hall–Kier alpha value is -1.20. The molecule has 0 N–H and O–H groups in total. The molecule has 2 aromatic rings. The first-order chi connectivity index (χ1) is 6.20. The van der Waals surface area contributed by atoms with Crippen molar-refractivity contribution >= 4 is 38.8 Å². The smallest absolute Gasteiger partial charge is 0.258 e. The molecule has 0 amide bonds. The van der Waals surface area contributed by atoms with Gasteiger partial charge in [-0.3, -0.25) is 10.1 Å². The largest absolute Gasteiger partial charge is 0.306 e. The Morgan fingerprint density at radius 3 is 3.08 bits per heavy atom. The van der Waals surface area contributed by atoms with Crippen LogP contribution in [0, 0.1) is 10.1 Å². The number of nitro groups is 1. The highest BCUT2D eigenvalue weighted by molar-refractivity contribution is 7.16. The van der Waals surface area contributed by atoms with Crippen LogP contribution < -0.4 is 0 Å². The highest BCUT2D eigenvalue weighted by Gasteiger charge is 2.16. The number of fused-ring (bicyclic) bond motifs is 1. The Balaban J connectivity index is 2.80. The highest BCUT2D eigenvalue weighted by Crippen LogP contribution is 2.32. The van der Waals surface area contributed by atoms with Gasteiger partial charge in [-0.25, -0.2) is 4.98 Å². The van der Waals surface area contributed by atoms with Crippen LogP contribution in [0.4, 0.5) is 5.69 Å². The summed E-state index contributed by atoms with van der Waals surface area (Å²) in [4.78, 5) is 14.6. The third-order valence-electron chi connectivity index (χ3n) is 1.61. The molecule has 0 atom stereocenters. The monoisotopic (exact) mass is 214 g/mol. The summed E-state index contributed by atoms with van der Waals surface area (Å²) in [5.74, 6) is 0. The van der Waals surface area contributed by atoms with Crippen molar-refractivity contribution in [3.05, 3.63) is 32.8 Å². The van der Waals surface area contributed by atoms with Gasteiger partial charge in [-0.2, -0.15) is 0 Å². The lowest BCUT2D eigenvalue weighted by molar-refractivity contribution is -0.384. The zero-order chi connectivity index (χ0) is 9.42. The van der Waals surface area contributed by atoms with Gasteiger partial charge in [0, 0.05) is 5.39 Å². The van der Waals surface area contributed by atoms with E-state index < -0.39 is 4.92 Å². The SMILES string of the molecule is O=[N+]([O-])c1cnc2sccc2c1Cl. The molecule has 2 aromatic heterocycles. The fourth-order valence-corrected chi connectivity index (χ4v) is 2.08. The molecule has 0 saturated carbocycles. The Labute approximate surface area is 81.9 Å². The maximum Gasteiger partial charge on any atom is 0.306 e. The van der Waals surface area contributed by atoms with E-state index in [9.17, 15) is 10.1 Å². The summed E-state index contributed by atoms with van der Waals surface area (Å²) in [5.41, 5.74) is -0.146. The topological polar surface area (TPSA) is 56.0 Å². The third kappa shape index (κ3) is 1.26. The zero-order valence-corrected chi connectivity index (χ0v) is 7.80. The Bertz CT molecular complexity index is 482. The number of rotatable bonds is 1. The molecule has 0 aliphatic carbocycles. The molecule has 0 radical (unpaired) electrons. The summed E-state index contributed by atoms with van der Waals surface area (Å²) >= 11 is 7.21. The molecule has 0 spiro atoms. The predicted octanol–water partition coefficient (Wildman–Crippen LogP) is 2.86. The second-order valence-corrected chi connectivity index (χ2v) is 3.63. The summed E-state index contributed by atoms with van der Waals surface area (Å²) in [5, 5.41) is 13.1. The summed E-state index contributed by atoms with van der Waals surface area (Å²) in [7, 11) is 0. The lowest BCUT2D eigenvalue weighted by Crippen LogP contribution is -1.90. The number of hydrogen-bond acceptors (Lipinski definition) is 4. The van der Waals surface area contributed by atoms with Gasteiger partial charge >= 0.3 is 5.69 Å². The Morgan fingerprint density at radius 1 is 1.62 bits per heavy atom. The van der Waals surface area contributed by atoms with Crippen molar-refractivity contribution in [1.29, 1.82) is 0 Å². The maximum atomic E-state index is 10.5. The van der Waals surface area contributed by atoms with Crippen LogP contribution in [0.1, 0.15) is 0 Å². The molecule has 0 aromatic carbocycles. The second-order valence-electron chi connectivity index (χ2n) is 2.35. The van der Waals surface area contributed by atoms with Crippen LogP contribution in [0.2, 0.25) is 5.02 Å². The fraction of sp³-hybridized carbons (Fsp3) is 0. The average molecular weight is 215 g/mol. The summed E-state index contributed by atoms with van der Waals surface area (Å²) < 4.78 is 0. The number of aromatic nitrogens is 1. The van der Waals surface area contributed by atoms with Crippen LogP contribution in [0.5, 0.6) is 0 Å². The summed E-state index contributed by atoms with van der Waals surface area (Å²) in [6, 6.07) is 1.72. The molecular weight excluding hydrogens is 212 g/mol. The molecule has 2 rings (SSSR count). The highest BCUT2D eigenvalue weighted by atomic mass is 35.5. The molecule has 0 bridgehead atoms. The number of hydrogen-bond donors (Lipinski definition) is 0. The lowest BCUT2D eigenvalue weighted by Gasteiger charge is -1.94. The summed E-state index contributed by atoms with van der Waals surface area (Å²) in [6.45, 7) is 0. The van der Waals surface area contributed by atoms with Crippen molar-refractivity contribution in [2.75, 3.05) is 0 Å². The van der Waals surface area contributed by atoms with E-state index >= 15 is 0 Å². The second kappa shape index (κ2) is 2.93. The van der Waals surface area contributed by atoms with E-state index in [4.69, 9.17) is 11.6 Å². The van der Waals surface area contributed by atoms with Gasteiger partial charge in [-0.1, -0.05) is 11.6 Å². The van der Waals surface area contributed by atoms with E-state index in [1.54, 1.807) is 11.4 Å². The van der Waals surface area contributed by atoms with Gasteiger partial charge in [0.2, 0.25) is 0 Å². The molecular formula is C7H3ClN2O2S. The molecule has 2 heterocycles. The molecule has 0 saturated heterocycles. The van der Waals surface area contributed by atoms with E-state index in [-0.39, 0.29) is 10.7 Å². The number of halogens is 1. The molecule has 13 heavy (non-hydrogen) atoms. The van der Waals surface area contributed by atoms with Gasteiger partial charge in [0.25, 0.3) is 0 Å².